The van der Waals surface area contributed by atoms with Gasteiger partial charge in [-0.1, -0.05) is 35.9 Å². The summed E-state index contributed by atoms with van der Waals surface area (Å²) in [6, 6.07) is 13.7. The first kappa shape index (κ1) is 20.6. The Hall–Kier alpha value is -3.12. The van der Waals surface area contributed by atoms with Crippen LogP contribution < -0.4 is 14.8 Å². The molecule has 2 aromatic carbocycles. The average Bonchev–Trinajstić information content (AvgIpc) is 3.07. The molecule has 0 spiro atoms. The largest absolute Gasteiger partial charge is 0.493 e. The lowest BCUT2D eigenvalue weighted by molar-refractivity contribution is -0.111. The van der Waals surface area contributed by atoms with Crippen LogP contribution in [0.2, 0.25) is 0 Å². The molecule has 5 nitrogen and oxygen atoms in total. The molecule has 0 fully saturated rings. The second kappa shape index (κ2) is 9.39. The van der Waals surface area contributed by atoms with Crippen LogP contribution in [-0.2, 0) is 4.79 Å². The summed E-state index contributed by atoms with van der Waals surface area (Å²) < 4.78 is 10.8. The second-order valence-electron chi connectivity index (χ2n) is 6.46. The lowest BCUT2D eigenvalue weighted by atomic mass is 10.1. The topological polar surface area (TPSA) is 60.5 Å². The molecular formula is C23H24N2O3S. The first-order valence-electron chi connectivity index (χ1n) is 9.34. The van der Waals surface area contributed by atoms with Gasteiger partial charge in [0.2, 0.25) is 5.91 Å². The summed E-state index contributed by atoms with van der Waals surface area (Å²) in [6.07, 6.45) is 3.21. The number of aromatic nitrogens is 1. The van der Waals surface area contributed by atoms with Crippen molar-refractivity contribution < 1.29 is 14.3 Å². The van der Waals surface area contributed by atoms with Gasteiger partial charge in [0.1, 0.15) is 0 Å². The van der Waals surface area contributed by atoms with Crippen molar-refractivity contribution in [1.29, 1.82) is 0 Å². The third-order valence-electron chi connectivity index (χ3n) is 4.27. The number of rotatable bonds is 7. The fourth-order valence-corrected chi connectivity index (χ4v) is 3.65. The van der Waals surface area contributed by atoms with Gasteiger partial charge in [0.05, 0.1) is 19.4 Å². The zero-order valence-electron chi connectivity index (χ0n) is 17.0. The van der Waals surface area contributed by atoms with E-state index >= 15 is 0 Å². The Labute approximate surface area is 175 Å². The van der Waals surface area contributed by atoms with E-state index in [0.29, 0.717) is 23.2 Å². The highest BCUT2D eigenvalue weighted by molar-refractivity contribution is 7.16. The molecule has 0 radical (unpaired) electrons. The van der Waals surface area contributed by atoms with Crippen molar-refractivity contribution in [2.75, 3.05) is 19.0 Å². The number of anilines is 1. The highest BCUT2D eigenvalue weighted by Crippen LogP contribution is 2.31. The molecule has 0 unspecified atom stereocenters. The number of nitrogens with zero attached hydrogens (tertiary/aromatic N) is 1. The lowest BCUT2D eigenvalue weighted by Crippen LogP contribution is -2.07. The smallest absolute Gasteiger partial charge is 0.250 e. The Kier molecular flexibility index (Phi) is 6.67. The Balaban J connectivity index is 1.69. The van der Waals surface area contributed by atoms with Crippen LogP contribution in [0.4, 0.5) is 5.13 Å². The lowest BCUT2D eigenvalue weighted by Gasteiger charge is -2.09. The maximum absolute atomic E-state index is 12.3. The summed E-state index contributed by atoms with van der Waals surface area (Å²) in [4.78, 5) is 18.0. The molecule has 1 aromatic heterocycles. The van der Waals surface area contributed by atoms with Crippen LogP contribution in [0.15, 0.2) is 48.5 Å². The Morgan fingerprint density at radius 3 is 2.59 bits per heavy atom. The number of methoxy groups -OCH3 is 1. The molecule has 150 valence electrons. The normalized spacial score (nSPS) is 10.9. The first-order chi connectivity index (χ1) is 14.0. The molecule has 3 rings (SSSR count). The van der Waals surface area contributed by atoms with Crippen molar-refractivity contribution in [2.45, 2.75) is 20.8 Å². The van der Waals surface area contributed by atoms with Crippen LogP contribution in [0.25, 0.3) is 17.3 Å². The zero-order valence-corrected chi connectivity index (χ0v) is 17.8. The van der Waals surface area contributed by atoms with E-state index < -0.39 is 0 Å². The predicted octanol–water partition coefficient (Wildman–Crippen LogP) is 5.49. The van der Waals surface area contributed by atoms with E-state index in [4.69, 9.17) is 9.47 Å². The highest BCUT2D eigenvalue weighted by Gasteiger charge is 2.11. The highest BCUT2D eigenvalue weighted by atomic mass is 32.1. The van der Waals surface area contributed by atoms with Crippen molar-refractivity contribution >= 4 is 28.5 Å². The summed E-state index contributed by atoms with van der Waals surface area (Å²) in [7, 11) is 1.59. The van der Waals surface area contributed by atoms with Gasteiger partial charge in [0.15, 0.2) is 16.6 Å². The van der Waals surface area contributed by atoms with Gasteiger partial charge in [-0.2, -0.15) is 0 Å². The van der Waals surface area contributed by atoms with E-state index in [1.807, 2.05) is 44.2 Å². The molecule has 1 amide bonds. The number of benzene rings is 2. The summed E-state index contributed by atoms with van der Waals surface area (Å²) in [5.41, 5.74) is 3.98. The minimum atomic E-state index is -0.234. The number of hydrogen-bond donors (Lipinski definition) is 1. The van der Waals surface area contributed by atoms with E-state index in [0.717, 1.165) is 21.7 Å². The quantitative estimate of drug-likeness (QED) is 0.526. The molecule has 0 aliphatic rings. The molecular weight excluding hydrogens is 384 g/mol. The number of thiazole rings is 1. The number of carbonyl (C=O) groups excluding carboxylic acids is 1. The van der Waals surface area contributed by atoms with Gasteiger partial charge in [0.25, 0.3) is 0 Å². The average molecular weight is 409 g/mol. The van der Waals surface area contributed by atoms with Crippen LogP contribution in [0, 0.1) is 13.8 Å². The molecule has 3 aromatic rings. The van der Waals surface area contributed by atoms with Gasteiger partial charge < -0.3 is 9.47 Å². The number of aryl methyl sites for hydroxylation is 2. The Morgan fingerprint density at radius 2 is 1.90 bits per heavy atom. The van der Waals surface area contributed by atoms with Crippen molar-refractivity contribution in [3.05, 3.63) is 64.5 Å². The molecule has 0 saturated carbocycles. The van der Waals surface area contributed by atoms with Gasteiger partial charge in [0, 0.05) is 16.5 Å². The maximum Gasteiger partial charge on any atom is 0.250 e. The van der Waals surface area contributed by atoms with E-state index in [9.17, 15) is 4.79 Å². The summed E-state index contributed by atoms with van der Waals surface area (Å²) in [5.74, 6) is 1.08. The van der Waals surface area contributed by atoms with Gasteiger partial charge in [-0.15, -0.1) is 11.3 Å². The van der Waals surface area contributed by atoms with E-state index in [-0.39, 0.29) is 5.91 Å². The second-order valence-corrected chi connectivity index (χ2v) is 7.66. The first-order valence-corrected chi connectivity index (χ1v) is 10.2. The van der Waals surface area contributed by atoms with Crippen molar-refractivity contribution in [3.8, 4) is 22.8 Å². The van der Waals surface area contributed by atoms with Crippen molar-refractivity contribution in [1.82, 2.24) is 4.98 Å². The third-order valence-corrected chi connectivity index (χ3v) is 5.15. The van der Waals surface area contributed by atoms with Crippen LogP contribution in [0.5, 0.6) is 11.5 Å². The minimum absolute atomic E-state index is 0.234. The van der Waals surface area contributed by atoms with E-state index in [1.54, 1.807) is 13.2 Å². The SMILES string of the molecule is CCOc1ccc(C=CC(=O)Nc2nc(-c3ccc(C)cc3)c(C)s2)cc1OC. The van der Waals surface area contributed by atoms with Gasteiger partial charge in [-0.3, -0.25) is 10.1 Å². The minimum Gasteiger partial charge on any atom is -0.493 e. The number of nitrogens with one attached hydrogen (secondary N) is 1. The van der Waals surface area contributed by atoms with E-state index in [2.05, 4.69) is 29.4 Å². The third kappa shape index (κ3) is 5.23. The van der Waals surface area contributed by atoms with Crippen LogP contribution >= 0.6 is 11.3 Å². The molecule has 0 aliphatic carbocycles. The van der Waals surface area contributed by atoms with Crippen molar-refractivity contribution in [2.24, 2.45) is 0 Å². The Bertz CT molecular complexity index is 1020. The number of hydrogen-bond acceptors (Lipinski definition) is 5. The molecule has 0 aliphatic heterocycles. The predicted molar refractivity (Wildman–Crippen MR) is 119 cm³/mol. The summed E-state index contributed by atoms with van der Waals surface area (Å²) >= 11 is 1.46. The summed E-state index contributed by atoms with van der Waals surface area (Å²) in [5, 5.41) is 3.42. The Morgan fingerprint density at radius 1 is 1.14 bits per heavy atom. The monoisotopic (exact) mass is 408 g/mol. The number of carbonyl (C=O) groups is 1. The standard InChI is InChI=1S/C23H24N2O3S/c1-5-28-19-12-8-17(14-20(19)27-4)9-13-21(26)24-23-25-22(16(3)29-23)18-10-6-15(2)7-11-18/h6-14H,5H2,1-4H3,(H,24,25,26). The molecule has 29 heavy (non-hydrogen) atoms. The molecule has 0 bridgehead atoms. The number of ether oxygens (including phenoxy) is 2. The molecule has 6 heteroatoms. The number of amides is 1. The molecule has 0 saturated heterocycles. The van der Waals surface area contributed by atoms with Crippen LogP contribution in [0.1, 0.15) is 22.9 Å². The molecule has 1 N–H and O–H groups in total. The van der Waals surface area contributed by atoms with Crippen LogP contribution in [0.3, 0.4) is 0 Å². The van der Waals surface area contributed by atoms with Gasteiger partial charge in [-0.05, 0) is 44.5 Å². The maximum atomic E-state index is 12.3. The van der Waals surface area contributed by atoms with Gasteiger partial charge in [-0.25, -0.2) is 4.98 Å². The zero-order chi connectivity index (χ0) is 20.8. The van der Waals surface area contributed by atoms with Crippen molar-refractivity contribution in [3.63, 3.8) is 0 Å². The fraction of sp³-hybridized carbons (Fsp3) is 0.217. The summed E-state index contributed by atoms with van der Waals surface area (Å²) in [6.45, 7) is 6.54. The fourth-order valence-electron chi connectivity index (χ4n) is 2.81. The van der Waals surface area contributed by atoms with Gasteiger partial charge >= 0.3 is 0 Å². The molecule has 0 atom stereocenters. The van der Waals surface area contributed by atoms with Crippen LogP contribution in [-0.4, -0.2) is 24.6 Å². The molecule has 1 heterocycles. The van der Waals surface area contributed by atoms with E-state index in [1.165, 1.54) is 23.0 Å².